The highest BCUT2D eigenvalue weighted by Gasteiger charge is 2.37. The minimum absolute atomic E-state index is 0.0101. The lowest BCUT2D eigenvalue weighted by atomic mass is 9.91. The predicted octanol–water partition coefficient (Wildman–Crippen LogP) is 2.25. The molecule has 1 amide bonds. The van der Waals surface area contributed by atoms with Gasteiger partial charge < -0.3 is 9.84 Å². The Labute approximate surface area is 102 Å². The highest BCUT2D eigenvalue weighted by molar-refractivity contribution is 5.80. The fourth-order valence-electron chi connectivity index (χ4n) is 1.72. The van der Waals surface area contributed by atoms with E-state index < -0.39 is 23.7 Å². The summed E-state index contributed by atoms with van der Waals surface area (Å²) in [6, 6.07) is -0.828. The van der Waals surface area contributed by atoms with Gasteiger partial charge in [-0.05, 0) is 47.0 Å². The third-order valence-corrected chi connectivity index (χ3v) is 2.85. The molecule has 98 valence electrons. The monoisotopic (exact) mass is 243 g/mol. The van der Waals surface area contributed by atoms with E-state index in [1.165, 1.54) is 11.8 Å². The predicted molar refractivity (Wildman–Crippen MR) is 62.8 cm³/mol. The summed E-state index contributed by atoms with van der Waals surface area (Å²) < 4.78 is 5.25. The summed E-state index contributed by atoms with van der Waals surface area (Å²) in [5.41, 5.74) is -0.600. The molecule has 1 atom stereocenters. The Kier molecular flexibility index (Phi) is 4.01. The largest absolute Gasteiger partial charge is 0.480 e. The van der Waals surface area contributed by atoms with Gasteiger partial charge in [0.25, 0.3) is 0 Å². The summed E-state index contributed by atoms with van der Waals surface area (Å²) in [6.07, 6.45) is 2.22. The van der Waals surface area contributed by atoms with Gasteiger partial charge in [0.05, 0.1) is 0 Å². The van der Waals surface area contributed by atoms with Crippen molar-refractivity contribution in [2.75, 3.05) is 0 Å². The Hall–Kier alpha value is -1.26. The Morgan fingerprint density at radius 1 is 1.35 bits per heavy atom. The molecule has 1 aliphatic rings. The van der Waals surface area contributed by atoms with E-state index in [1.54, 1.807) is 20.8 Å². The van der Waals surface area contributed by atoms with Gasteiger partial charge in [-0.2, -0.15) is 0 Å². The van der Waals surface area contributed by atoms with Gasteiger partial charge in [-0.3, -0.25) is 4.90 Å². The number of carboxylic acids is 1. The number of hydrogen-bond acceptors (Lipinski definition) is 3. The van der Waals surface area contributed by atoms with Crippen molar-refractivity contribution in [1.29, 1.82) is 0 Å². The lowest BCUT2D eigenvalue weighted by molar-refractivity contribution is -0.144. The molecule has 0 aromatic carbocycles. The average Bonchev–Trinajstić information content (AvgIpc) is 2.06. The molecule has 5 nitrogen and oxygen atoms in total. The molecule has 0 radical (unpaired) electrons. The first-order valence-corrected chi connectivity index (χ1v) is 5.96. The van der Waals surface area contributed by atoms with Gasteiger partial charge in [0, 0.05) is 6.04 Å². The second kappa shape index (κ2) is 4.94. The number of aliphatic carboxylic acids is 1. The van der Waals surface area contributed by atoms with Crippen molar-refractivity contribution in [2.24, 2.45) is 0 Å². The number of amides is 1. The Morgan fingerprint density at radius 3 is 2.18 bits per heavy atom. The van der Waals surface area contributed by atoms with Crippen molar-refractivity contribution >= 4 is 12.1 Å². The van der Waals surface area contributed by atoms with Gasteiger partial charge in [-0.1, -0.05) is 0 Å². The first kappa shape index (κ1) is 13.8. The quantitative estimate of drug-likeness (QED) is 0.825. The Balaban J connectivity index is 2.75. The first-order chi connectivity index (χ1) is 7.72. The molecular weight excluding hydrogens is 222 g/mol. The van der Waals surface area contributed by atoms with Crippen LogP contribution in [0, 0.1) is 0 Å². The van der Waals surface area contributed by atoms with Gasteiger partial charge in [0.15, 0.2) is 0 Å². The average molecular weight is 243 g/mol. The molecule has 0 unspecified atom stereocenters. The number of carbonyl (C=O) groups is 2. The first-order valence-electron chi connectivity index (χ1n) is 5.96. The highest BCUT2D eigenvalue weighted by atomic mass is 16.6. The second-order valence-electron chi connectivity index (χ2n) is 5.49. The molecule has 0 spiro atoms. The van der Waals surface area contributed by atoms with Crippen molar-refractivity contribution < 1.29 is 19.4 Å². The molecule has 1 saturated carbocycles. The molecule has 1 aliphatic carbocycles. The van der Waals surface area contributed by atoms with Crippen LogP contribution in [0.1, 0.15) is 47.0 Å². The van der Waals surface area contributed by atoms with Crippen LogP contribution in [0.15, 0.2) is 0 Å². The normalized spacial score (nSPS) is 18.1. The maximum Gasteiger partial charge on any atom is 0.411 e. The summed E-state index contributed by atoms with van der Waals surface area (Å²) in [7, 11) is 0. The smallest absolute Gasteiger partial charge is 0.411 e. The number of nitrogens with zero attached hydrogens (tertiary/aromatic N) is 1. The van der Waals surface area contributed by atoms with E-state index in [-0.39, 0.29) is 6.04 Å². The van der Waals surface area contributed by atoms with E-state index in [1.807, 2.05) is 0 Å². The van der Waals surface area contributed by atoms with Crippen molar-refractivity contribution in [1.82, 2.24) is 4.90 Å². The summed E-state index contributed by atoms with van der Waals surface area (Å²) in [6.45, 7) is 6.84. The van der Waals surface area contributed by atoms with Crippen molar-refractivity contribution in [3.8, 4) is 0 Å². The maximum absolute atomic E-state index is 12.0. The van der Waals surface area contributed by atoms with Crippen LogP contribution in [0.3, 0.4) is 0 Å². The van der Waals surface area contributed by atoms with E-state index in [4.69, 9.17) is 9.84 Å². The van der Waals surface area contributed by atoms with Crippen LogP contribution >= 0.6 is 0 Å². The van der Waals surface area contributed by atoms with Crippen molar-refractivity contribution in [3.63, 3.8) is 0 Å². The van der Waals surface area contributed by atoms with Crippen LogP contribution in [-0.4, -0.2) is 39.8 Å². The number of rotatable bonds is 3. The van der Waals surface area contributed by atoms with Crippen LogP contribution in [0.25, 0.3) is 0 Å². The zero-order valence-electron chi connectivity index (χ0n) is 10.9. The molecule has 1 rings (SSSR count). The summed E-state index contributed by atoms with van der Waals surface area (Å²) >= 11 is 0. The maximum atomic E-state index is 12.0. The lowest BCUT2D eigenvalue weighted by Crippen LogP contribution is -2.53. The number of hydrogen-bond donors (Lipinski definition) is 1. The second-order valence-corrected chi connectivity index (χ2v) is 5.49. The standard InChI is InChI=1S/C12H21NO4/c1-8(10(14)15)13(9-6-5-7-9)11(16)17-12(2,3)4/h8-9H,5-7H2,1-4H3,(H,14,15)/t8-/m0/s1. The van der Waals surface area contributed by atoms with Crippen molar-refractivity contribution in [3.05, 3.63) is 0 Å². The summed E-state index contributed by atoms with van der Waals surface area (Å²) in [5, 5.41) is 9.02. The van der Waals surface area contributed by atoms with Crippen LogP contribution in [-0.2, 0) is 9.53 Å². The van der Waals surface area contributed by atoms with Crippen molar-refractivity contribution in [2.45, 2.75) is 64.6 Å². The summed E-state index contributed by atoms with van der Waals surface area (Å²) in [5.74, 6) is -0.997. The molecule has 0 saturated heterocycles. The SMILES string of the molecule is C[C@@H](C(=O)O)N(C(=O)OC(C)(C)C)C1CCC1. The molecule has 17 heavy (non-hydrogen) atoms. The van der Waals surface area contributed by atoms with Gasteiger partial charge in [0.2, 0.25) is 0 Å². The number of ether oxygens (including phenoxy) is 1. The molecule has 1 fully saturated rings. The number of carbonyl (C=O) groups excluding carboxylic acids is 1. The van der Waals surface area contributed by atoms with E-state index >= 15 is 0 Å². The fraction of sp³-hybridized carbons (Fsp3) is 0.833. The zero-order valence-corrected chi connectivity index (χ0v) is 10.9. The molecule has 0 aromatic heterocycles. The van der Waals surface area contributed by atoms with Gasteiger partial charge in [0.1, 0.15) is 11.6 Å². The van der Waals surface area contributed by atoms with Gasteiger partial charge in [-0.15, -0.1) is 0 Å². The minimum atomic E-state index is -0.997. The summed E-state index contributed by atoms with van der Waals surface area (Å²) in [4.78, 5) is 24.3. The third-order valence-electron chi connectivity index (χ3n) is 2.85. The van der Waals surface area contributed by atoms with Crippen LogP contribution in [0.5, 0.6) is 0 Å². The molecule has 0 bridgehead atoms. The highest BCUT2D eigenvalue weighted by Crippen LogP contribution is 2.28. The molecular formula is C12H21NO4. The lowest BCUT2D eigenvalue weighted by Gasteiger charge is -2.40. The zero-order chi connectivity index (χ0) is 13.2. The van der Waals surface area contributed by atoms with Gasteiger partial charge in [-0.25, -0.2) is 9.59 Å². The van der Waals surface area contributed by atoms with E-state index in [9.17, 15) is 9.59 Å². The Bertz CT molecular complexity index is 304. The Morgan fingerprint density at radius 2 is 1.88 bits per heavy atom. The van der Waals surface area contributed by atoms with Gasteiger partial charge >= 0.3 is 12.1 Å². The number of carboxylic acid groups (broad SMARTS) is 1. The minimum Gasteiger partial charge on any atom is -0.480 e. The third kappa shape index (κ3) is 3.61. The van der Waals surface area contributed by atoms with E-state index in [0.717, 1.165) is 19.3 Å². The van der Waals surface area contributed by atoms with Crippen LogP contribution in [0.2, 0.25) is 0 Å². The molecule has 5 heteroatoms. The topological polar surface area (TPSA) is 66.8 Å². The molecule has 0 aliphatic heterocycles. The molecule has 0 aromatic rings. The van der Waals surface area contributed by atoms with Crippen LogP contribution < -0.4 is 0 Å². The fourth-order valence-corrected chi connectivity index (χ4v) is 1.72. The molecule has 0 heterocycles. The van der Waals surface area contributed by atoms with Crippen LogP contribution in [0.4, 0.5) is 4.79 Å². The van der Waals surface area contributed by atoms with E-state index in [2.05, 4.69) is 0 Å². The molecule has 1 N–H and O–H groups in total. The van der Waals surface area contributed by atoms with E-state index in [0.29, 0.717) is 0 Å².